The Morgan fingerprint density at radius 3 is 1.46 bits per heavy atom. The molecule has 6 heterocycles. The summed E-state index contributed by atoms with van der Waals surface area (Å²) >= 11 is 14.8. The third-order valence-electron chi connectivity index (χ3n) is 10.6. The summed E-state index contributed by atoms with van der Waals surface area (Å²) in [6, 6.07) is 21.4. The van der Waals surface area contributed by atoms with E-state index >= 15 is 0 Å². The van der Waals surface area contributed by atoms with Gasteiger partial charge in [0.2, 0.25) is 0 Å². The summed E-state index contributed by atoms with van der Waals surface area (Å²) in [5, 5.41) is 3.40. The molecule has 8 rings (SSSR count). The number of nitrogens with one attached hydrogen (secondary N) is 1. The minimum Gasteiger partial charge on any atom is -0.449 e. The van der Waals surface area contributed by atoms with Crippen LogP contribution >= 0.6 is 34.8 Å². The van der Waals surface area contributed by atoms with E-state index in [1.807, 2.05) is 60.7 Å². The van der Waals surface area contributed by atoms with E-state index in [2.05, 4.69) is 26.7 Å². The maximum Gasteiger partial charge on any atom is 0.410 e. The van der Waals surface area contributed by atoms with Crippen molar-refractivity contribution in [2.45, 2.75) is 139 Å². The topological polar surface area (TPSA) is 149 Å². The number of ether oxygens (including phenoxy) is 3. The van der Waals surface area contributed by atoms with Crippen LogP contribution in [0.1, 0.15) is 95.1 Å². The summed E-state index contributed by atoms with van der Waals surface area (Å²) < 4.78 is 14.1. The molecule has 56 heavy (non-hydrogen) atoms. The highest BCUT2D eigenvalue weighted by Crippen LogP contribution is 2.35. The van der Waals surface area contributed by atoms with Gasteiger partial charge in [-0.3, -0.25) is 19.3 Å². The molecule has 6 bridgehead atoms. The lowest BCUT2D eigenvalue weighted by Crippen LogP contribution is -2.46. The predicted molar refractivity (Wildman–Crippen MR) is 213 cm³/mol. The van der Waals surface area contributed by atoms with Crippen LogP contribution in [0.25, 0.3) is 0 Å². The lowest BCUT2D eigenvalue weighted by molar-refractivity contribution is -0.124. The number of rotatable bonds is 5. The molecule has 6 aliphatic rings. The molecule has 7 unspecified atom stereocenters. The van der Waals surface area contributed by atoms with E-state index in [0.29, 0.717) is 55.2 Å². The average Bonchev–Trinajstić information content (AvgIpc) is 3.71. The number of hydrogen-bond donors (Lipinski definition) is 1. The van der Waals surface area contributed by atoms with E-state index in [4.69, 9.17) is 39.5 Å². The van der Waals surface area contributed by atoms with E-state index in [-0.39, 0.29) is 30.6 Å². The normalized spacial score (nSPS) is 26.0. The third-order valence-corrected chi connectivity index (χ3v) is 10.9. The van der Waals surface area contributed by atoms with Gasteiger partial charge in [-0.2, -0.15) is 0 Å². The zero-order valence-electron chi connectivity index (χ0n) is 31.9. The standard InChI is InChI=1S/C15H17NO3.C8H7ClO2.C8H13NO.C7H11NO.C3H4Cl2O2/c17-14-8-12-6-7-13(9-14)16(12)15(18)19-10-11-4-2-1-3-5-11;9-8(10)11-6-7-4-2-1-3-5-7;1-9-6-2-3-7(9)5-8(10)4-6;9-7-3-5-1-2-6(4-7)8-5;1-2(4)7-3(5)6/h1-5,12-13H,6-10H2;1-5H,6H2;6-7H,2-5H2,1H3;5-6,8H,1-4H2;2H,1H3. The number of amides is 1. The number of ketones is 3. The first kappa shape index (κ1) is 45.2. The van der Waals surface area contributed by atoms with Gasteiger partial charge in [-0.25, -0.2) is 14.4 Å². The van der Waals surface area contributed by atoms with E-state index < -0.39 is 16.4 Å². The van der Waals surface area contributed by atoms with Crippen LogP contribution in [0.3, 0.4) is 0 Å². The molecule has 1 amide bonds. The Kier molecular flexibility index (Phi) is 18.5. The van der Waals surface area contributed by atoms with Gasteiger partial charge < -0.3 is 24.4 Å². The fourth-order valence-electron chi connectivity index (χ4n) is 7.95. The minimum atomic E-state index is -0.873. The summed E-state index contributed by atoms with van der Waals surface area (Å²) in [6.45, 7) is 2.04. The highest BCUT2D eigenvalue weighted by molar-refractivity contribution is 6.61. The maximum absolute atomic E-state index is 12.1. The fraction of sp³-hybridized carbons (Fsp3) is 0.561. The Morgan fingerprint density at radius 2 is 1.05 bits per heavy atom. The summed E-state index contributed by atoms with van der Waals surface area (Å²) in [5.74, 6) is 1.21. The summed E-state index contributed by atoms with van der Waals surface area (Å²) in [6.07, 6.45) is 10.7. The zero-order chi connectivity index (χ0) is 40.6. The summed E-state index contributed by atoms with van der Waals surface area (Å²) in [7, 11) is 2.15. The number of carbonyl (C=O) groups is 6. The maximum atomic E-state index is 12.1. The second kappa shape index (κ2) is 23.0. The van der Waals surface area contributed by atoms with Gasteiger partial charge >= 0.3 is 17.0 Å². The quantitative estimate of drug-likeness (QED) is 0.176. The molecule has 306 valence electrons. The second-order valence-corrected chi connectivity index (χ2v) is 16.0. The minimum absolute atomic E-state index is 0.0644. The second-order valence-electron chi connectivity index (χ2n) is 14.8. The van der Waals surface area contributed by atoms with Gasteiger partial charge in [0.25, 0.3) is 0 Å². The first-order valence-corrected chi connectivity index (χ1v) is 20.3. The van der Waals surface area contributed by atoms with Gasteiger partial charge in [0.1, 0.15) is 30.6 Å². The Morgan fingerprint density at radius 1 is 0.643 bits per heavy atom. The number of nitrogens with zero attached hydrogens (tertiary/aromatic N) is 2. The van der Waals surface area contributed by atoms with Gasteiger partial charge in [0.15, 0.2) is 5.56 Å². The molecule has 6 saturated heterocycles. The lowest BCUT2D eigenvalue weighted by Gasteiger charge is -2.33. The highest BCUT2D eigenvalue weighted by Gasteiger charge is 2.43. The van der Waals surface area contributed by atoms with Crippen LogP contribution in [-0.2, 0) is 41.8 Å². The molecular formula is C41H52Cl3N3O9. The van der Waals surface area contributed by atoms with Crippen LogP contribution in [0.5, 0.6) is 0 Å². The van der Waals surface area contributed by atoms with Crippen molar-refractivity contribution in [3.63, 3.8) is 0 Å². The molecule has 0 aromatic heterocycles. The summed E-state index contributed by atoms with van der Waals surface area (Å²) in [5.41, 5.74) is -0.362. The Labute approximate surface area is 343 Å². The van der Waals surface area contributed by atoms with E-state index in [1.165, 1.54) is 32.6 Å². The Bertz CT molecular complexity index is 1570. The molecule has 7 atom stereocenters. The van der Waals surface area contributed by atoms with Crippen molar-refractivity contribution in [2.24, 2.45) is 0 Å². The Balaban J connectivity index is 0.000000164. The molecule has 2 aromatic carbocycles. The molecule has 6 aliphatic heterocycles. The smallest absolute Gasteiger partial charge is 0.410 e. The molecule has 12 nitrogen and oxygen atoms in total. The first-order chi connectivity index (χ1) is 26.8. The molecular weight excluding hydrogens is 785 g/mol. The van der Waals surface area contributed by atoms with Crippen LogP contribution in [-0.4, -0.2) is 93.0 Å². The number of carbonyl (C=O) groups excluding carboxylic acids is 6. The number of halogens is 3. The van der Waals surface area contributed by atoms with Crippen LogP contribution in [0.4, 0.5) is 14.4 Å². The number of alkyl halides is 1. The van der Waals surface area contributed by atoms with Gasteiger partial charge in [-0.15, -0.1) is 0 Å². The molecule has 0 saturated carbocycles. The third kappa shape index (κ3) is 15.4. The van der Waals surface area contributed by atoms with Crippen LogP contribution in [0, 0.1) is 0 Å². The number of piperidine rings is 3. The van der Waals surface area contributed by atoms with Crippen molar-refractivity contribution < 1.29 is 43.0 Å². The van der Waals surface area contributed by atoms with E-state index in [1.54, 1.807) is 4.90 Å². The van der Waals surface area contributed by atoms with Crippen LogP contribution < -0.4 is 5.32 Å². The Hall–Kier alpha value is -3.55. The number of hydrogen-bond acceptors (Lipinski definition) is 11. The van der Waals surface area contributed by atoms with Crippen molar-refractivity contribution in [1.82, 2.24) is 15.1 Å². The monoisotopic (exact) mass is 835 g/mol. The molecule has 2 aromatic rings. The molecule has 6 fully saturated rings. The number of fused-ring (bicyclic) bond motifs is 6. The first-order valence-electron chi connectivity index (χ1n) is 19.2. The van der Waals surface area contributed by atoms with E-state index in [0.717, 1.165) is 49.7 Å². The fourth-order valence-corrected chi connectivity index (χ4v) is 8.27. The molecule has 0 aliphatic carbocycles. The largest absolute Gasteiger partial charge is 0.449 e. The van der Waals surface area contributed by atoms with Crippen LogP contribution in [0.15, 0.2) is 60.7 Å². The van der Waals surface area contributed by atoms with E-state index in [9.17, 15) is 28.8 Å². The van der Waals surface area contributed by atoms with Crippen molar-refractivity contribution >= 4 is 69.1 Å². The molecule has 1 N–H and O–H groups in total. The SMILES string of the molecule is CC(Cl)OC(=O)Cl.CN1C2CCC1CC(=O)C2.O=C(Cl)OCc1ccccc1.O=C1CC2CCC(C1)N2.O=C1CC2CCC(C1)N2C(=O)OCc1ccccc1. The molecule has 15 heteroatoms. The lowest BCUT2D eigenvalue weighted by atomic mass is 10.0. The average molecular weight is 837 g/mol. The number of Topliss-reactive ketones (excluding diaryl/α,β-unsaturated/α-hetero) is 3. The highest BCUT2D eigenvalue weighted by atomic mass is 35.5. The molecule has 0 radical (unpaired) electrons. The van der Waals surface area contributed by atoms with Gasteiger partial charge in [0, 0.05) is 98.0 Å². The van der Waals surface area contributed by atoms with Gasteiger partial charge in [-0.1, -0.05) is 72.3 Å². The molecule has 0 spiro atoms. The van der Waals surface area contributed by atoms with Crippen molar-refractivity contribution in [3.05, 3.63) is 71.8 Å². The van der Waals surface area contributed by atoms with Gasteiger partial charge in [0.05, 0.1) is 0 Å². The number of benzene rings is 2. The van der Waals surface area contributed by atoms with Crippen molar-refractivity contribution in [3.8, 4) is 0 Å². The van der Waals surface area contributed by atoms with Crippen molar-refractivity contribution in [1.29, 1.82) is 0 Å². The zero-order valence-corrected chi connectivity index (χ0v) is 34.2. The predicted octanol–water partition coefficient (Wildman–Crippen LogP) is 8.31. The van der Waals surface area contributed by atoms with Crippen LogP contribution in [0.2, 0.25) is 0 Å². The van der Waals surface area contributed by atoms with Gasteiger partial charge in [-0.05, 0) is 63.6 Å². The summed E-state index contributed by atoms with van der Waals surface area (Å²) in [4.78, 5) is 69.6. The van der Waals surface area contributed by atoms with Crippen molar-refractivity contribution in [2.75, 3.05) is 7.05 Å².